The molecule has 23 heavy (non-hydrogen) atoms. The summed E-state index contributed by atoms with van der Waals surface area (Å²) in [5.41, 5.74) is 3.02. The van der Waals surface area contributed by atoms with Crippen molar-refractivity contribution in [1.82, 2.24) is 0 Å². The Morgan fingerprint density at radius 2 is 1.78 bits per heavy atom. The fourth-order valence-electron chi connectivity index (χ4n) is 2.28. The third-order valence-corrected chi connectivity index (χ3v) is 3.42. The second-order valence-corrected chi connectivity index (χ2v) is 5.40. The molecular weight excluding hydrogens is 297 g/mol. The quantitative estimate of drug-likeness (QED) is 0.858. The summed E-state index contributed by atoms with van der Waals surface area (Å²) in [6, 6.07) is 7.89. The molecule has 0 heterocycles. The summed E-state index contributed by atoms with van der Waals surface area (Å²) in [6.07, 6.45) is 0.766. The van der Waals surface area contributed by atoms with Gasteiger partial charge in [0.1, 0.15) is 17.9 Å². The molecule has 2 aromatic carbocycles. The number of nitrogens with one attached hydrogen (secondary N) is 1. The minimum Gasteiger partial charge on any atom is -0.483 e. The number of aryl methyl sites for hydroxylation is 3. The highest BCUT2D eigenvalue weighted by molar-refractivity contribution is 5.92. The number of halogens is 1. The van der Waals surface area contributed by atoms with Crippen LogP contribution in [0.5, 0.6) is 5.75 Å². The Bertz CT molecular complexity index is 733. The number of carbonyl (C=O) groups is 2. The smallest absolute Gasteiger partial charge is 0.262 e. The predicted octanol–water partition coefficient (Wildman–Crippen LogP) is 3.58. The van der Waals surface area contributed by atoms with Crippen LogP contribution in [0.4, 0.5) is 10.1 Å². The van der Waals surface area contributed by atoms with Crippen molar-refractivity contribution in [2.24, 2.45) is 0 Å². The first-order valence-electron chi connectivity index (χ1n) is 7.16. The maximum Gasteiger partial charge on any atom is 0.262 e. The van der Waals surface area contributed by atoms with Gasteiger partial charge in [0.25, 0.3) is 5.91 Å². The molecule has 0 radical (unpaired) electrons. The molecule has 4 nitrogen and oxygen atoms in total. The lowest BCUT2D eigenvalue weighted by molar-refractivity contribution is -0.118. The first-order chi connectivity index (χ1) is 10.9. The third-order valence-electron chi connectivity index (χ3n) is 3.42. The fourth-order valence-corrected chi connectivity index (χ4v) is 2.28. The number of aldehydes is 1. The number of benzene rings is 2. The lowest BCUT2D eigenvalue weighted by Crippen LogP contribution is -2.20. The second kappa shape index (κ2) is 7.05. The standard InChI is InChI=1S/C18H18FNO3/c1-11-4-5-15(8-16(11)19)20-17(22)10-23-18-12(2)6-14(9-21)7-13(18)3/h4-9H,10H2,1-3H3,(H,20,22). The predicted molar refractivity (Wildman–Crippen MR) is 86.6 cm³/mol. The van der Waals surface area contributed by atoms with Crippen LogP contribution >= 0.6 is 0 Å². The van der Waals surface area contributed by atoms with E-state index >= 15 is 0 Å². The van der Waals surface area contributed by atoms with Crippen LogP contribution in [0, 0.1) is 26.6 Å². The highest BCUT2D eigenvalue weighted by Gasteiger charge is 2.10. The largest absolute Gasteiger partial charge is 0.483 e. The van der Waals surface area contributed by atoms with E-state index in [1.54, 1.807) is 31.2 Å². The van der Waals surface area contributed by atoms with Crippen molar-refractivity contribution < 1.29 is 18.7 Å². The van der Waals surface area contributed by atoms with Crippen molar-refractivity contribution in [2.45, 2.75) is 20.8 Å². The highest BCUT2D eigenvalue weighted by Crippen LogP contribution is 2.24. The molecule has 0 fully saturated rings. The van der Waals surface area contributed by atoms with Gasteiger partial charge in [0.15, 0.2) is 6.61 Å². The van der Waals surface area contributed by atoms with Crippen LogP contribution in [0.1, 0.15) is 27.0 Å². The Labute approximate surface area is 134 Å². The molecule has 0 spiro atoms. The molecule has 0 unspecified atom stereocenters. The van der Waals surface area contributed by atoms with Crippen LogP contribution in [-0.2, 0) is 4.79 Å². The summed E-state index contributed by atoms with van der Waals surface area (Å²) < 4.78 is 19.0. The molecule has 0 aliphatic heterocycles. The molecule has 2 aromatic rings. The molecule has 5 heteroatoms. The van der Waals surface area contributed by atoms with E-state index in [1.807, 2.05) is 13.8 Å². The van der Waals surface area contributed by atoms with E-state index in [1.165, 1.54) is 6.07 Å². The number of carbonyl (C=O) groups excluding carboxylic acids is 2. The van der Waals surface area contributed by atoms with Crippen molar-refractivity contribution in [3.63, 3.8) is 0 Å². The van der Waals surface area contributed by atoms with Crippen LogP contribution in [0.2, 0.25) is 0 Å². The van der Waals surface area contributed by atoms with Crippen molar-refractivity contribution in [1.29, 1.82) is 0 Å². The van der Waals surface area contributed by atoms with Crippen molar-refractivity contribution in [3.8, 4) is 5.75 Å². The Hall–Kier alpha value is -2.69. The van der Waals surface area contributed by atoms with E-state index in [0.717, 1.165) is 17.4 Å². The summed E-state index contributed by atoms with van der Waals surface area (Å²) >= 11 is 0. The van der Waals surface area contributed by atoms with E-state index < -0.39 is 0 Å². The number of rotatable bonds is 5. The van der Waals surface area contributed by atoms with Gasteiger partial charge in [-0.05, 0) is 61.7 Å². The zero-order valence-electron chi connectivity index (χ0n) is 13.3. The van der Waals surface area contributed by atoms with E-state index in [-0.39, 0.29) is 18.3 Å². The molecule has 1 N–H and O–H groups in total. The van der Waals surface area contributed by atoms with Gasteiger partial charge in [0, 0.05) is 11.3 Å². The molecule has 0 atom stereocenters. The van der Waals surface area contributed by atoms with Gasteiger partial charge in [0.2, 0.25) is 0 Å². The van der Waals surface area contributed by atoms with Crippen LogP contribution in [0.25, 0.3) is 0 Å². The lowest BCUT2D eigenvalue weighted by Gasteiger charge is -2.13. The normalized spacial score (nSPS) is 10.3. The Morgan fingerprint density at radius 1 is 1.13 bits per heavy atom. The monoisotopic (exact) mass is 315 g/mol. The first-order valence-corrected chi connectivity index (χ1v) is 7.16. The SMILES string of the molecule is Cc1ccc(NC(=O)COc2c(C)cc(C=O)cc2C)cc1F. The lowest BCUT2D eigenvalue weighted by atomic mass is 10.1. The van der Waals surface area contributed by atoms with Gasteiger partial charge in [-0.2, -0.15) is 0 Å². The molecule has 0 saturated carbocycles. The molecular formula is C18H18FNO3. The number of ether oxygens (including phenoxy) is 1. The molecule has 0 aliphatic rings. The molecule has 0 aliphatic carbocycles. The molecule has 0 aromatic heterocycles. The molecule has 2 rings (SSSR count). The summed E-state index contributed by atoms with van der Waals surface area (Å²) in [7, 11) is 0. The minimum absolute atomic E-state index is 0.197. The van der Waals surface area contributed by atoms with Gasteiger partial charge in [-0.3, -0.25) is 9.59 Å². The minimum atomic E-state index is -0.383. The summed E-state index contributed by atoms with van der Waals surface area (Å²) in [6.45, 7) is 5.07. The number of hydrogen-bond donors (Lipinski definition) is 1. The number of amides is 1. The fraction of sp³-hybridized carbons (Fsp3) is 0.222. The van der Waals surface area contributed by atoms with Crippen LogP contribution in [0.3, 0.4) is 0 Å². The average molecular weight is 315 g/mol. The number of hydrogen-bond acceptors (Lipinski definition) is 3. The zero-order valence-corrected chi connectivity index (χ0v) is 13.3. The third kappa shape index (κ3) is 4.16. The van der Waals surface area contributed by atoms with Gasteiger partial charge in [-0.25, -0.2) is 4.39 Å². The topological polar surface area (TPSA) is 55.4 Å². The molecule has 1 amide bonds. The average Bonchev–Trinajstić information content (AvgIpc) is 2.50. The van der Waals surface area contributed by atoms with Crippen LogP contribution < -0.4 is 10.1 Å². The first kappa shape index (κ1) is 16.7. The van der Waals surface area contributed by atoms with Gasteiger partial charge in [0.05, 0.1) is 0 Å². The maximum atomic E-state index is 13.4. The van der Waals surface area contributed by atoms with Crippen LogP contribution in [0.15, 0.2) is 30.3 Å². The summed E-state index contributed by atoms with van der Waals surface area (Å²) in [4.78, 5) is 22.7. The Kier molecular flexibility index (Phi) is 5.11. The summed E-state index contributed by atoms with van der Waals surface area (Å²) in [5, 5.41) is 2.58. The van der Waals surface area contributed by atoms with Gasteiger partial charge < -0.3 is 10.1 Å². The Balaban J connectivity index is 2.02. The van der Waals surface area contributed by atoms with E-state index in [4.69, 9.17) is 4.74 Å². The zero-order chi connectivity index (χ0) is 17.0. The van der Waals surface area contributed by atoms with E-state index in [9.17, 15) is 14.0 Å². The highest BCUT2D eigenvalue weighted by atomic mass is 19.1. The van der Waals surface area contributed by atoms with E-state index in [2.05, 4.69) is 5.32 Å². The van der Waals surface area contributed by atoms with Crippen molar-refractivity contribution >= 4 is 17.9 Å². The maximum absolute atomic E-state index is 13.4. The second-order valence-electron chi connectivity index (χ2n) is 5.40. The molecule has 0 bridgehead atoms. The molecule has 120 valence electrons. The van der Waals surface area contributed by atoms with Crippen molar-refractivity contribution in [2.75, 3.05) is 11.9 Å². The van der Waals surface area contributed by atoms with Gasteiger partial charge in [-0.1, -0.05) is 6.07 Å². The summed E-state index contributed by atoms with van der Waals surface area (Å²) in [5.74, 6) is -0.188. The molecule has 0 saturated heterocycles. The Morgan fingerprint density at radius 3 is 2.35 bits per heavy atom. The van der Waals surface area contributed by atoms with Crippen LogP contribution in [-0.4, -0.2) is 18.8 Å². The van der Waals surface area contributed by atoms with Gasteiger partial charge in [-0.15, -0.1) is 0 Å². The number of anilines is 1. The van der Waals surface area contributed by atoms with E-state index in [0.29, 0.717) is 22.6 Å². The van der Waals surface area contributed by atoms with Crippen molar-refractivity contribution in [3.05, 3.63) is 58.4 Å². The van der Waals surface area contributed by atoms with Gasteiger partial charge >= 0.3 is 0 Å².